The Kier molecular flexibility index (Phi) is 6.11. The third kappa shape index (κ3) is 3.24. The van der Waals surface area contributed by atoms with Crippen LogP contribution >= 0.6 is 0 Å². The second kappa shape index (κ2) is 7.11. The van der Waals surface area contributed by atoms with Crippen LogP contribution in [0.3, 0.4) is 0 Å². The van der Waals surface area contributed by atoms with Crippen LogP contribution in [0.4, 0.5) is 0 Å². The minimum Gasteiger partial charge on any atom is -0.303 e. The Balaban J connectivity index is 2.50. The largest absolute Gasteiger partial charge is 0.303 e. The maximum atomic E-state index is 9.43. The van der Waals surface area contributed by atoms with Crippen molar-refractivity contribution in [1.29, 1.82) is 5.26 Å². The fourth-order valence-corrected chi connectivity index (χ4v) is 3.45. The molecule has 0 aromatic rings. The molecule has 0 heterocycles. The van der Waals surface area contributed by atoms with Crippen molar-refractivity contribution in [3.05, 3.63) is 0 Å². The molecule has 1 saturated carbocycles. The van der Waals surface area contributed by atoms with E-state index in [0.717, 1.165) is 19.4 Å². The summed E-state index contributed by atoms with van der Waals surface area (Å²) < 4.78 is 0. The van der Waals surface area contributed by atoms with E-state index in [1.54, 1.807) is 0 Å². The molecule has 1 fully saturated rings. The van der Waals surface area contributed by atoms with Crippen molar-refractivity contribution in [1.82, 2.24) is 10.2 Å². The lowest BCUT2D eigenvalue weighted by Gasteiger charge is -2.32. The van der Waals surface area contributed by atoms with Gasteiger partial charge in [0.05, 0.1) is 6.07 Å². The molecule has 2 atom stereocenters. The van der Waals surface area contributed by atoms with Crippen molar-refractivity contribution in [2.24, 2.45) is 5.92 Å². The van der Waals surface area contributed by atoms with Crippen LogP contribution in [0.15, 0.2) is 0 Å². The molecule has 0 radical (unpaired) electrons. The van der Waals surface area contributed by atoms with E-state index in [0.29, 0.717) is 12.0 Å². The molecule has 1 aliphatic carbocycles. The quantitative estimate of drug-likeness (QED) is 0.756. The highest BCUT2D eigenvalue weighted by atomic mass is 15.1. The Morgan fingerprint density at radius 3 is 2.61 bits per heavy atom. The molecule has 0 aromatic heterocycles. The minimum absolute atomic E-state index is 0.255. The van der Waals surface area contributed by atoms with Crippen molar-refractivity contribution in [2.75, 3.05) is 20.6 Å². The molecule has 1 N–H and O–H groups in total. The van der Waals surface area contributed by atoms with Gasteiger partial charge < -0.3 is 10.2 Å². The van der Waals surface area contributed by atoms with E-state index in [4.69, 9.17) is 0 Å². The van der Waals surface area contributed by atoms with E-state index >= 15 is 0 Å². The average molecular weight is 251 g/mol. The van der Waals surface area contributed by atoms with E-state index in [1.807, 2.05) is 7.05 Å². The van der Waals surface area contributed by atoms with Crippen molar-refractivity contribution in [3.63, 3.8) is 0 Å². The van der Waals surface area contributed by atoms with Crippen LogP contribution in [-0.4, -0.2) is 37.1 Å². The highest BCUT2D eigenvalue weighted by molar-refractivity contribution is 5.13. The van der Waals surface area contributed by atoms with Gasteiger partial charge in [-0.15, -0.1) is 0 Å². The van der Waals surface area contributed by atoms with Crippen molar-refractivity contribution < 1.29 is 0 Å². The summed E-state index contributed by atoms with van der Waals surface area (Å²) in [5.41, 5.74) is -0.255. The number of nitrogens with zero attached hydrogens (tertiary/aromatic N) is 2. The Hall–Kier alpha value is -0.590. The first-order chi connectivity index (χ1) is 8.63. The fourth-order valence-electron chi connectivity index (χ4n) is 3.45. The molecular weight excluding hydrogens is 222 g/mol. The van der Waals surface area contributed by atoms with Gasteiger partial charge in [0.2, 0.25) is 0 Å². The normalized spacial score (nSPS) is 27.9. The lowest BCUT2D eigenvalue weighted by atomic mass is 9.86. The fraction of sp³-hybridized carbons (Fsp3) is 0.933. The number of hydrogen-bond acceptors (Lipinski definition) is 3. The molecule has 104 valence electrons. The van der Waals surface area contributed by atoms with Crippen molar-refractivity contribution in [2.45, 2.75) is 64.0 Å². The third-order valence-electron chi connectivity index (χ3n) is 4.86. The molecule has 3 heteroatoms. The first-order valence-electron chi connectivity index (χ1n) is 7.43. The monoisotopic (exact) mass is 251 g/mol. The maximum absolute atomic E-state index is 9.43. The van der Waals surface area contributed by atoms with Gasteiger partial charge in [0, 0.05) is 6.04 Å². The molecule has 0 saturated heterocycles. The third-order valence-corrected chi connectivity index (χ3v) is 4.86. The smallest absolute Gasteiger partial charge is 0.109 e. The molecule has 0 aliphatic heterocycles. The summed E-state index contributed by atoms with van der Waals surface area (Å²) in [4.78, 5) is 2.47. The van der Waals surface area contributed by atoms with Crippen LogP contribution in [0, 0.1) is 17.2 Å². The van der Waals surface area contributed by atoms with Gasteiger partial charge in [0.15, 0.2) is 0 Å². The summed E-state index contributed by atoms with van der Waals surface area (Å²) in [5.74, 6) is 0.518. The molecule has 2 unspecified atom stereocenters. The molecule has 3 nitrogen and oxygen atoms in total. The van der Waals surface area contributed by atoms with Crippen molar-refractivity contribution >= 4 is 0 Å². The first-order valence-corrected chi connectivity index (χ1v) is 7.43. The lowest BCUT2D eigenvalue weighted by molar-refractivity contribution is 0.198. The Morgan fingerprint density at radius 1 is 1.44 bits per heavy atom. The maximum Gasteiger partial charge on any atom is 0.109 e. The summed E-state index contributed by atoms with van der Waals surface area (Å²) >= 11 is 0. The molecule has 1 aliphatic rings. The highest BCUT2D eigenvalue weighted by Crippen LogP contribution is 2.37. The van der Waals surface area contributed by atoms with Crippen LogP contribution in [0.1, 0.15) is 52.4 Å². The zero-order chi connectivity index (χ0) is 13.6. The molecule has 0 aromatic carbocycles. The van der Waals surface area contributed by atoms with Gasteiger partial charge in [-0.05, 0) is 58.7 Å². The van der Waals surface area contributed by atoms with Gasteiger partial charge in [-0.3, -0.25) is 0 Å². The van der Waals surface area contributed by atoms with Crippen molar-refractivity contribution in [3.8, 4) is 6.07 Å². The molecule has 0 spiro atoms. The van der Waals surface area contributed by atoms with Gasteiger partial charge in [-0.2, -0.15) is 5.26 Å². The first kappa shape index (κ1) is 15.5. The molecule has 0 bridgehead atoms. The second-order valence-electron chi connectivity index (χ2n) is 5.66. The highest BCUT2D eigenvalue weighted by Gasteiger charge is 2.41. The van der Waals surface area contributed by atoms with Crippen LogP contribution in [0.25, 0.3) is 0 Å². The lowest BCUT2D eigenvalue weighted by Crippen LogP contribution is -2.46. The standard InChI is InChI=1S/C15H29N3/c1-5-14(6-2)18(4)11-9-13-8-7-10-15(13,12-16)17-3/h13-14,17H,5-11H2,1-4H3. The zero-order valence-electron chi connectivity index (χ0n) is 12.5. The molecular formula is C15H29N3. The number of nitriles is 1. The predicted octanol–water partition coefficient (Wildman–Crippen LogP) is 2.78. The van der Waals surface area contributed by atoms with E-state index in [-0.39, 0.29) is 5.54 Å². The Morgan fingerprint density at radius 2 is 2.11 bits per heavy atom. The van der Waals surface area contributed by atoms with E-state index in [1.165, 1.54) is 25.7 Å². The summed E-state index contributed by atoms with van der Waals surface area (Å²) in [7, 11) is 4.16. The zero-order valence-corrected chi connectivity index (χ0v) is 12.5. The van der Waals surface area contributed by atoms with Crippen LogP contribution in [0.2, 0.25) is 0 Å². The van der Waals surface area contributed by atoms with E-state index < -0.39 is 0 Å². The predicted molar refractivity (Wildman–Crippen MR) is 76.4 cm³/mol. The second-order valence-corrected chi connectivity index (χ2v) is 5.66. The summed E-state index contributed by atoms with van der Waals surface area (Å²) in [6, 6.07) is 3.22. The van der Waals surface area contributed by atoms with Crippen LogP contribution < -0.4 is 5.32 Å². The Bertz CT molecular complexity index is 280. The van der Waals surface area contributed by atoms with E-state index in [9.17, 15) is 5.26 Å². The number of nitrogens with one attached hydrogen (secondary N) is 1. The van der Waals surface area contributed by atoms with Gasteiger partial charge in [-0.25, -0.2) is 0 Å². The average Bonchev–Trinajstić information content (AvgIpc) is 2.81. The van der Waals surface area contributed by atoms with Gasteiger partial charge in [-0.1, -0.05) is 20.3 Å². The molecule has 18 heavy (non-hydrogen) atoms. The SMILES string of the molecule is CCC(CC)N(C)CCC1CCCC1(C#N)NC. The topological polar surface area (TPSA) is 39.1 Å². The summed E-state index contributed by atoms with van der Waals surface area (Å²) in [6.07, 6.45) is 6.97. The number of hydrogen-bond donors (Lipinski definition) is 1. The summed E-state index contributed by atoms with van der Waals surface area (Å²) in [5, 5.41) is 12.7. The van der Waals surface area contributed by atoms with E-state index in [2.05, 4.69) is 37.2 Å². The van der Waals surface area contributed by atoms with Crippen LogP contribution in [-0.2, 0) is 0 Å². The summed E-state index contributed by atoms with van der Waals surface area (Å²) in [6.45, 7) is 5.63. The number of rotatable bonds is 7. The van der Waals surface area contributed by atoms with Crippen LogP contribution in [0.5, 0.6) is 0 Å². The van der Waals surface area contributed by atoms with Gasteiger partial charge in [0.1, 0.15) is 5.54 Å². The van der Waals surface area contributed by atoms with Gasteiger partial charge >= 0.3 is 0 Å². The Labute approximate surface area is 113 Å². The minimum atomic E-state index is -0.255. The van der Waals surface area contributed by atoms with Gasteiger partial charge in [0.25, 0.3) is 0 Å². The molecule has 1 rings (SSSR count). The molecule has 0 amide bonds.